The van der Waals surface area contributed by atoms with E-state index < -0.39 is 29.7 Å². The Labute approximate surface area is 134 Å². The number of hydrogen-bond donors (Lipinski definition) is 1. The number of benzene rings is 1. The van der Waals surface area contributed by atoms with Crippen LogP contribution in [-0.2, 0) is 9.59 Å². The highest BCUT2D eigenvalue weighted by molar-refractivity contribution is 6.23. The maximum absolute atomic E-state index is 12.3. The summed E-state index contributed by atoms with van der Waals surface area (Å²) in [7, 11) is 0. The van der Waals surface area contributed by atoms with Crippen molar-refractivity contribution in [2.75, 3.05) is 0 Å². The molecule has 2 N–H and O–H groups in total. The largest absolute Gasteiger partial charge is 0.273 e. The molecule has 0 radical (unpaired) electrons. The predicted octanol–water partition coefficient (Wildman–Crippen LogP) is 1.09. The normalized spacial score (nSPS) is 14.7. The molecule has 0 bridgehead atoms. The van der Waals surface area contributed by atoms with E-state index in [1.54, 1.807) is 12.1 Å². The average Bonchev–Trinajstić information content (AvgIpc) is 2.82. The first-order valence-corrected chi connectivity index (χ1v) is 7.48. The number of hydrogen-bond acceptors (Lipinski definition) is 5. The second-order valence-corrected chi connectivity index (χ2v) is 5.41. The molecule has 0 fully saturated rings. The lowest BCUT2D eigenvalue weighted by Crippen LogP contribution is -2.53. The molecule has 4 amide bonds. The summed E-state index contributed by atoms with van der Waals surface area (Å²) in [5, 5.41) is 0.504. The van der Waals surface area contributed by atoms with Gasteiger partial charge in [0.25, 0.3) is 17.7 Å². The zero-order valence-electron chi connectivity index (χ0n) is 13.1. The van der Waals surface area contributed by atoms with E-state index in [9.17, 15) is 19.2 Å². The first-order chi connectivity index (χ1) is 10.9. The van der Waals surface area contributed by atoms with Gasteiger partial charge in [0, 0.05) is 6.42 Å². The van der Waals surface area contributed by atoms with Gasteiger partial charge in [-0.15, -0.1) is 0 Å². The molecule has 0 aliphatic carbocycles. The van der Waals surface area contributed by atoms with Crippen LogP contribution in [0.25, 0.3) is 0 Å². The van der Waals surface area contributed by atoms with Gasteiger partial charge in [0.05, 0.1) is 11.1 Å². The molecule has 2 rings (SSSR count). The van der Waals surface area contributed by atoms with E-state index in [1.165, 1.54) is 19.1 Å². The minimum Gasteiger partial charge on any atom is -0.273 e. The first kappa shape index (κ1) is 16.8. The fraction of sp³-hybridized carbons (Fsp3) is 0.375. The van der Waals surface area contributed by atoms with Crippen LogP contribution < -0.4 is 5.84 Å². The molecule has 0 unspecified atom stereocenters. The highest BCUT2D eigenvalue weighted by atomic mass is 16.2. The molecule has 7 heteroatoms. The van der Waals surface area contributed by atoms with Gasteiger partial charge in [-0.25, -0.2) is 10.9 Å². The highest BCUT2D eigenvalue weighted by Crippen LogP contribution is 2.24. The van der Waals surface area contributed by atoms with Crippen LogP contribution in [0.2, 0.25) is 0 Å². The maximum Gasteiger partial charge on any atom is 0.266 e. The van der Waals surface area contributed by atoms with Gasteiger partial charge in [0.1, 0.15) is 6.04 Å². The fourth-order valence-electron chi connectivity index (χ4n) is 2.44. The minimum absolute atomic E-state index is 0.146. The topological polar surface area (TPSA) is 101 Å². The summed E-state index contributed by atoms with van der Waals surface area (Å²) < 4.78 is 0. The highest BCUT2D eigenvalue weighted by Gasteiger charge is 2.42. The van der Waals surface area contributed by atoms with Crippen LogP contribution in [0.3, 0.4) is 0 Å². The summed E-state index contributed by atoms with van der Waals surface area (Å²) in [6, 6.07) is 5.20. The summed E-state index contributed by atoms with van der Waals surface area (Å²) in [5.74, 6) is 3.14. The molecule has 7 nitrogen and oxygen atoms in total. The molecular formula is C16H19N3O4. The molecule has 23 heavy (non-hydrogen) atoms. The minimum atomic E-state index is -1.14. The summed E-state index contributed by atoms with van der Waals surface area (Å²) >= 11 is 0. The summed E-state index contributed by atoms with van der Waals surface area (Å²) in [6.45, 7) is 3.30. The van der Waals surface area contributed by atoms with E-state index in [0.29, 0.717) is 11.4 Å². The number of hydrazine groups is 1. The zero-order valence-corrected chi connectivity index (χ0v) is 13.1. The van der Waals surface area contributed by atoms with Crippen molar-refractivity contribution in [1.29, 1.82) is 0 Å². The molecule has 1 atom stereocenters. The Morgan fingerprint density at radius 3 is 2.17 bits per heavy atom. The predicted molar refractivity (Wildman–Crippen MR) is 82.0 cm³/mol. The summed E-state index contributed by atoms with van der Waals surface area (Å²) in [6.07, 6.45) is 1.55. The Hall–Kier alpha value is -2.54. The number of unbranched alkanes of at least 4 members (excludes halogenated alkanes) is 1. The van der Waals surface area contributed by atoms with Crippen molar-refractivity contribution in [1.82, 2.24) is 9.91 Å². The van der Waals surface area contributed by atoms with Crippen LogP contribution in [-0.4, -0.2) is 39.6 Å². The van der Waals surface area contributed by atoms with Gasteiger partial charge in [-0.05, 0) is 25.5 Å². The van der Waals surface area contributed by atoms with Crippen LogP contribution >= 0.6 is 0 Å². The average molecular weight is 317 g/mol. The quantitative estimate of drug-likeness (QED) is 0.379. The monoisotopic (exact) mass is 317 g/mol. The second-order valence-electron chi connectivity index (χ2n) is 5.41. The second kappa shape index (κ2) is 6.70. The van der Waals surface area contributed by atoms with Gasteiger partial charge in [-0.3, -0.25) is 24.1 Å². The Morgan fingerprint density at radius 2 is 1.70 bits per heavy atom. The van der Waals surface area contributed by atoms with Crippen molar-refractivity contribution >= 4 is 23.6 Å². The van der Waals surface area contributed by atoms with Gasteiger partial charge in [-0.1, -0.05) is 25.5 Å². The third-order valence-corrected chi connectivity index (χ3v) is 3.82. The van der Waals surface area contributed by atoms with Gasteiger partial charge in [0.15, 0.2) is 0 Å². The summed E-state index contributed by atoms with van der Waals surface area (Å²) in [5.41, 5.74) is 0.496. The third-order valence-electron chi connectivity index (χ3n) is 3.82. The lowest BCUT2D eigenvalue weighted by molar-refractivity contribution is -0.147. The number of carbonyl (C=O) groups is 4. The van der Waals surface area contributed by atoms with Crippen molar-refractivity contribution in [3.05, 3.63) is 35.4 Å². The number of imide groups is 2. The number of carbonyl (C=O) groups excluding carboxylic acids is 4. The van der Waals surface area contributed by atoms with E-state index in [4.69, 9.17) is 5.84 Å². The molecule has 1 aliphatic rings. The van der Waals surface area contributed by atoms with Crippen molar-refractivity contribution in [3.63, 3.8) is 0 Å². The number of nitrogens with two attached hydrogens (primary N) is 1. The van der Waals surface area contributed by atoms with E-state index in [2.05, 4.69) is 0 Å². The van der Waals surface area contributed by atoms with Crippen LogP contribution in [0, 0.1) is 0 Å². The molecule has 1 aliphatic heterocycles. The van der Waals surface area contributed by atoms with E-state index in [-0.39, 0.29) is 17.5 Å². The van der Waals surface area contributed by atoms with Crippen LogP contribution in [0.5, 0.6) is 0 Å². The zero-order chi connectivity index (χ0) is 17.1. The first-order valence-electron chi connectivity index (χ1n) is 7.48. The Kier molecular flexibility index (Phi) is 4.90. The van der Waals surface area contributed by atoms with Crippen LogP contribution in [0.1, 0.15) is 53.8 Å². The standard InChI is InChI=1S/C16H19N3O4/c1-3-4-9-13(20)19(17)14(21)10(2)18-15(22)11-7-5-6-8-12(11)16(18)23/h5-8,10H,3-4,9,17H2,1-2H3/t10-/m0/s1. The van der Waals surface area contributed by atoms with E-state index >= 15 is 0 Å². The van der Waals surface area contributed by atoms with Crippen molar-refractivity contribution in [2.24, 2.45) is 5.84 Å². The Balaban J connectivity index is 2.16. The van der Waals surface area contributed by atoms with Gasteiger partial charge in [-0.2, -0.15) is 0 Å². The van der Waals surface area contributed by atoms with E-state index in [0.717, 1.165) is 11.3 Å². The van der Waals surface area contributed by atoms with Crippen LogP contribution in [0.15, 0.2) is 24.3 Å². The van der Waals surface area contributed by atoms with Gasteiger partial charge >= 0.3 is 0 Å². The molecule has 0 saturated carbocycles. The van der Waals surface area contributed by atoms with Crippen LogP contribution in [0.4, 0.5) is 0 Å². The number of fused-ring (bicyclic) bond motifs is 1. The molecule has 0 aromatic heterocycles. The molecule has 0 spiro atoms. The maximum atomic E-state index is 12.3. The van der Waals surface area contributed by atoms with Crippen molar-refractivity contribution < 1.29 is 19.2 Å². The Bertz CT molecular complexity index is 636. The van der Waals surface area contributed by atoms with E-state index in [1.807, 2.05) is 6.92 Å². The molecule has 0 saturated heterocycles. The molecule has 1 aromatic carbocycles. The van der Waals surface area contributed by atoms with Crippen molar-refractivity contribution in [3.8, 4) is 0 Å². The fourth-order valence-corrected chi connectivity index (χ4v) is 2.44. The third kappa shape index (κ3) is 3.00. The number of amides is 4. The van der Waals surface area contributed by atoms with Gasteiger partial charge < -0.3 is 0 Å². The lowest BCUT2D eigenvalue weighted by Gasteiger charge is -2.25. The molecular weight excluding hydrogens is 298 g/mol. The number of rotatable bonds is 5. The molecule has 122 valence electrons. The molecule has 1 heterocycles. The van der Waals surface area contributed by atoms with Crippen molar-refractivity contribution in [2.45, 2.75) is 39.2 Å². The summed E-state index contributed by atoms with van der Waals surface area (Å²) in [4.78, 5) is 49.6. The smallest absolute Gasteiger partial charge is 0.266 e. The lowest BCUT2D eigenvalue weighted by atomic mass is 10.1. The SMILES string of the molecule is CCCCC(=O)N(N)C(=O)[C@H](C)N1C(=O)c2ccccc2C1=O. The number of nitrogens with zero attached hydrogens (tertiary/aromatic N) is 2. The Morgan fingerprint density at radius 1 is 1.17 bits per heavy atom. The molecule has 1 aromatic rings. The van der Waals surface area contributed by atoms with Gasteiger partial charge in [0.2, 0.25) is 5.91 Å².